The molecule has 0 spiro atoms. The molecule has 214 valence electrons. The van der Waals surface area contributed by atoms with Gasteiger partial charge in [0.15, 0.2) is 5.11 Å². The van der Waals surface area contributed by atoms with E-state index in [0.29, 0.717) is 53.0 Å². The lowest BCUT2D eigenvalue weighted by Crippen LogP contribution is -2.62. The van der Waals surface area contributed by atoms with Gasteiger partial charge in [0, 0.05) is 24.3 Å². The summed E-state index contributed by atoms with van der Waals surface area (Å²) in [6.45, 7) is 0.472. The normalized spacial score (nSPS) is 18.0. The van der Waals surface area contributed by atoms with E-state index in [0.717, 1.165) is 5.56 Å². The summed E-state index contributed by atoms with van der Waals surface area (Å²) in [6.07, 6.45) is 0.907. The number of thioether (sulfide) groups is 1. The SMILES string of the molecule is COc1ccc(NC(=O)C2(N(Cc3ccccc3F)C(=O)CN3CC(c4ccccc4)NC3=S)CCSCC2)cc1. The third-order valence-corrected chi connectivity index (χ3v) is 9.07. The smallest absolute Gasteiger partial charge is 0.250 e. The fourth-order valence-corrected chi connectivity index (χ4v) is 6.82. The van der Waals surface area contributed by atoms with Gasteiger partial charge in [0.25, 0.3) is 0 Å². The fraction of sp³-hybridized carbons (Fsp3) is 0.323. The molecule has 1 unspecified atom stereocenters. The first-order chi connectivity index (χ1) is 19.9. The molecule has 3 aromatic carbocycles. The Morgan fingerprint density at radius 3 is 2.44 bits per heavy atom. The minimum Gasteiger partial charge on any atom is -0.497 e. The van der Waals surface area contributed by atoms with Crippen molar-refractivity contribution >= 4 is 46.6 Å². The number of amides is 2. The summed E-state index contributed by atoms with van der Waals surface area (Å²) in [5, 5.41) is 6.82. The Balaban J connectivity index is 1.44. The van der Waals surface area contributed by atoms with Crippen LogP contribution in [0.25, 0.3) is 0 Å². The molecular formula is C31H33FN4O3S2. The minimum absolute atomic E-state index is 0.0195. The van der Waals surface area contributed by atoms with Crippen molar-refractivity contribution in [2.24, 2.45) is 0 Å². The second-order valence-corrected chi connectivity index (χ2v) is 11.8. The number of anilines is 1. The number of carbonyl (C=O) groups is 2. The number of halogens is 1. The molecule has 41 heavy (non-hydrogen) atoms. The number of carbonyl (C=O) groups excluding carboxylic acids is 2. The highest BCUT2D eigenvalue weighted by atomic mass is 32.2. The molecule has 2 fully saturated rings. The monoisotopic (exact) mass is 592 g/mol. The molecule has 2 heterocycles. The van der Waals surface area contributed by atoms with E-state index in [1.165, 1.54) is 6.07 Å². The molecule has 5 rings (SSSR count). The summed E-state index contributed by atoms with van der Waals surface area (Å²) >= 11 is 7.35. The molecule has 0 bridgehead atoms. The standard InChI is InChI=1S/C31H33FN4O3S2/c1-39-25-13-11-24(12-14-25)33-29(38)31(15-17-41-18-16-31)36(19-23-9-5-6-10-26(23)32)28(37)21-35-20-27(34-30(35)40)22-7-3-2-4-8-22/h2-14,27H,15-21H2,1H3,(H,33,38)(H,34,40). The third kappa shape index (κ3) is 6.49. The first-order valence-electron chi connectivity index (χ1n) is 13.6. The molecule has 0 saturated carbocycles. The minimum atomic E-state index is -1.15. The fourth-order valence-electron chi connectivity index (χ4n) is 5.37. The van der Waals surface area contributed by atoms with Crippen molar-refractivity contribution in [1.82, 2.24) is 15.1 Å². The molecule has 2 amide bonds. The highest BCUT2D eigenvalue weighted by molar-refractivity contribution is 7.99. The Hall–Kier alpha value is -3.63. The lowest BCUT2D eigenvalue weighted by atomic mass is 9.87. The molecule has 2 aliphatic heterocycles. The number of hydrogen-bond donors (Lipinski definition) is 2. The van der Waals surface area contributed by atoms with E-state index in [1.54, 1.807) is 66.2 Å². The zero-order valence-corrected chi connectivity index (χ0v) is 24.5. The lowest BCUT2D eigenvalue weighted by Gasteiger charge is -2.45. The van der Waals surface area contributed by atoms with Crippen LogP contribution in [-0.4, -0.2) is 64.0 Å². The molecule has 2 aliphatic rings. The largest absolute Gasteiger partial charge is 0.497 e. The maximum atomic E-state index is 14.9. The molecule has 2 N–H and O–H groups in total. The van der Waals surface area contributed by atoms with Gasteiger partial charge in [-0.2, -0.15) is 11.8 Å². The maximum Gasteiger partial charge on any atom is 0.250 e. The van der Waals surface area contributed by atoms with Crippen LogP contribution in [0, 0.1) is 5.82 Å². The third-order valence-electron chi connectivity index (χ3n) is 7.71. The Kier molecular flexibility index (Phi) is 9.09. The number of ether oxygens (including phenoxy) is 1. The predicted octanol–water partition coefficient (Wildman–Crippen LogP) is 5.00. The van der Waals surface area contributed by atoms with Crippen molar-refractivity contribution in [3.05, 3.63) is 95.8 Å². The van der Waals surface area contributed by atoms with Gasteiger partial charge in [0.2, 0.25) is 11.8 Å². The van der Waals surface area contributed by atoms with Crippen LogP contribution in [0.1, 0.15) is 30.0 Å². The van der Waals surface area contributed by atoms with E-state index in [-0.39, 0.29) is 30.9 Å². The Morgan fingerprint density at radius 1 is 1.07 bits per heavy atom. The summed E-state index contributed by atoms with van der Waals surface area (Å²) in [6, 6.07) is 23.4. The highest BCUT2D eigenvalue weighted by Gasteiger charge is 2.48. The molecule has 1 atom stereocenters. The predicted molar refractivity (Wildman–Crippen MR) is 164 cm³/mol. The topological polar surface area (TPSA) is 73.9 Å². The van der Waals surface area contributed by atoms with E-state index >= 15 is 0 Å². The van der Waals surface area contributed by atoms with Crippen molar-refractivity contribution in [3.63, 3.8) is 0 Å². The quantitative estimate of drug-likeness (QED) is 0.339. The van der Waals surface area contributed by atoms with Crippen molar-refractivity contribution in [1.29, 1.82) is 0 Å². The average Bonchev–Trinajstić information content (AvgIpc) is 3.37. The first kappa shape index (κ1) is 28.9. The zero-order valence-electron chi connectivity index (χ0n) is 22.8. The highest BCUT2D eigenvalue weighted by Crippen LogP contribution is 2.36. The van der Waals surface area contributed by atoms with Gasteiger partial charge >= 0.3 is 0 Å². The number of thiocarbonyl (C=S) groups is 1. The van der Waals surface area contributed by atoms with Crippen molar-refractivity contribution in [2.45, 2.75) is 31.0 Å². The molecule has 3 aromatic rings. The Bertz CT molecular complexity index is 1380. The van der Waals surface area contributed by atoms with Crippen molar-refractivity contribution < 1.29 is 18.7 Å². The number of hydrogen-bond acceptors (Lipinski definition) is 5. The number of nitrogens with one attached hydrogen (secondary N) is 2. The van der Waals surface area contributed by atoms with E-state index in [9.17, 15) is 14.0 Å². The van der Waals surface area contributed by atoms with Crippen LogP contribution in [0.4, 0.5) is 10.1 Å². The van der Waals surface area contributed by atoms with Gasteiger partial charge in [0.1, 0.15) is 17.1 Å². The molecule has 7 nitrogen and oxygen atoms in total. The van der Waals surface area contributed by atoms with Gasteiger partial charge in [-0.25, -0.2) is 4.39 Å². The summed E-state index contributed by atoms with van der Waals surface area (Å²) in [5.74, 6) is 1.11. The maximum absolute atomic E-state index is 14.9. The molecule has 2 saturated heterocycles. The van der Waals surface area contributed by atoms with E-state index in [1.807, 2.05) is 35.2 Å². The van der Waals surface area contributed by atoms with Crippen LogP contribution >= 0.6 is 24.0 Å². The second-order valence-electron chi connectivity index (χ2n) is 10.2. The Morgan fingerprint density at radius 2 is 1.76 bits per heavy atom. The van der Waals surface area contributed by atoms with Crippen LogP contribution in [0.2, 0.25) is 0 Å². The van der Waals surface area contributed by atoms with Gasteiger partial charge in [0.05, 0.1) is 19.7 Å². The molecule has 0 aromatic heterocycles. The molecule has 0 aliphatic carbocycles. The zero-order chi connectivity index (χ0) is 28.8. The van der Waals surface area contributed by atoms with Crippen LogP contribution in [0.15, 0.2) is 78.9 Å². The van der Waals surface area contributed by atoms with Gasteiger partial charge < -0.3 is 25.2 Å². The number of benzene rings is 3. The van der Waals surface area contributed by atoms with E-state index in [2.05, 4.69) is 10.6 Å². The summed E-state index contributed by atoms with van der Waals surface area (Å²) in [7, 11) is 1.58. The number of methoxy groups -OCH3 is 1. The van der Waals surface area contributed by atoms with Gasteiger partial charge in [-0.3, -0.25) is 9.59 Å². The lowest BCUT2D eigenvalue weighted by molar-refractivity contribution is -0.147. The van der Waals surface area contributed by atoms with Crippen LogP contribution in [-0.2, 0) is 16.1 Å². The first-order valence-corrected chi connectivity index (χ1v) is 15.1. The number of nitrogens with zero attached hydrogens (tertiary/aromatic N) is 2. The van der Waals surface area contributed by atoms with Crippen LogP contribution in [0.5, 0.6) is 5.75 Å². The van der Waals surface area contributed by atoms with Crippen LogP contribution < -0.4 is 15.4 Å². The van der Waals surface area contributed by atoms with E-state index < -0.39 is 11.4 Å². The Labute approximate surface area is 249 Å². The van der Waals surface area contributed by atoms with Crippen molar-refractivity contribution in [2.75, 3.05) is 37.0 Å². The summed E-state index contributed by atoms with van der Waals surface area (Å²) in [4.78, 5) is 31.7. The van der Waals surface area contributed by atoms with Gasteiger partial charge in [-0.1, -0.05) is 48.5 Å². The number of rotatable bonds is 9. The average molecular weight is 593 g/mol. The van der Waals surface area contributed by atoms with Crippen LogP contribution in [0.3, 0.4) is 0 Å². The summed E-state index contributed by atoms with van der Waals surface area (Å²) in [5.41, 5.74) is 0.882. The molecule has 0 radical (unpaired) electrons. The second kappa shape index (κ2) is 12.9. The van der Waals surface area contributed by atoms with Gasteiger partial charge in [-0.05, 0) is 72.5 Å². The van der Waals surface area contributed by atoms with Gasteiger partial charge in [-0.15, -0.1) is 0 Å². The molecule has 10 heteroatoms. The van der Waals surface area contributed by atoms with E-state index in [4.69, 9.17) is 17.0 Å². The molecular weight excluding hydrogens is 559 g/mol. The van der Waals surface area contributed by atoms with Crippen molar-refractivity contribution in [3.8, 4) is 5.75 Å². The summed E-state index contributed by atoms with van der Waals surface area (Å²) < 4.78 is 20.2.